The highest BCUT2D eigenvalue weighted by atomic mass is 15.2. The maximum absolute atomic E-state index is 4.45. The molecule has 2 aromatic heterocycles. The molecule has 1 aromatic carbocycles. The van der Waals surface area contributed by atoms with E-state index in [1.54, 1.807) is 6.33 Å². The van der Waals surface area contributed by atoms with Crippen LogP contribution in [0.15, 0.2) is 42.9 Å². The first-order chi connectivity index (χ1) is 12.3. The smallest absolute Gasteiger partial charge is 0.134 e. The molecule has 132 valence electrons. The molecular formula is C20H27N5. The zero-order valence-corrected chi connectivity index (χ0v) is 15.1. The number of aromatic amines is 1. The van der Waals surface area contributed by atoms with Gasteiger partial charge in [0.05, 0.1) is 0 Å². The number of H-pyrrole nitrogens is 1. The summed E-state index contributed by atoms with van der Waals surface area (Å²) < 4.78 is 0. The minimum Gasteiger partial charge on any atom is -0.370 e. The fourth-order valence-electron chi connectivity index (χ4n) is 3.16. The number of para-hydroxylation sites is 1. The van der Waals surface area contributed by atoms with Gasteiger partial charge in [-0.15, -0.1) is 0 Å². The molecule has 3 aromatic rings. The Hall–Kier alpha value is -2.56. The molecule has 5 nitrogen and oxygen atoms in total. The minimum atomic E-state index is 0.847. The zero-order chi connectivity index (χ0) is 17.5. The number of hydrogen-bond donors (Lipinski definition) is 2. The van der Waals surface area contributed by atoms with Gasteiger partial charge in [0, 0.05) is 42.8 Å². The maximum Gasteiger partial charge on any atom is 0.134 e. The van der Waals surface area contributed by atoms with Gasteiger partial charge in [-0.1, -0.05) is 32.0 Å². The number of nitrogens with zero attached hydrogens (tertiary/aromatic N) is 3. The summed E-state index contributed by atoms with van der Waals surface area (Å²) in [6.45, 7) is 7.30. The van der Waals surface area contributed by atoms with Crippen molar-refractivity contribution < 1.29 is 0 Å². The van der Waals surface area contributed by atoms with E-state index in [-0.39, 0.29) is 0 Å². The molecule has 0 aliphatic carbocycles. The van der Waals surface area contributed by atoms with Gasteiger partial charge < -0.3 is 15.2 Å². The van der Waals surface area contributed by atoms with Crippen LogP contribution in [0.4, 0.5) is 11.6 Å². The van der Waals surface area contributed by atoms with Crippen LogP contribution >= 0.6 is 0 Å². The van der Waals surface area contributed by atoms with Crippen LogP contribution in [0.5, 0.6) is 0 Å². The van der Waals surface area contributed by atoms with Crippen molar-refractivity contribution in [2.45, 2.75) is 33.1 Å². The van der Waals surface area contributed by atoms with E-state index >= 15 is 0 Å². The molecule has 2 heterocycles. The Bertz CT molecular complexity index is 789. The Balaban J connectivity index is 1.62. The van der Waals surface area contributed by atoms with E-state index in [0.717, 1.165) is 50.5 Å². The number of nitrogens with one attached hydrogen (secondary N) is 2. The van der Waals surface area contributed by atoms with Crippen LogP contribution in [0.25, 0.3) is 10.9 Å². The highest BCUT2D eigenvalue weighted by Crippen LogP contribution is 2.19. The second-order valence-corrected chi connectivity index (χ2v) is 6.28. The molecule has 0 saturated heterocycles. The molecule has 0 unspecified atom stereocenters. The maximum atomic E-state index is 4.45. The Kier molecular flexibility index (Phi) is 5.88. The number of rotatable bonds is 9. The molecule has 0 radical (unpaired) electrons. The van der Waals surface area contributed by atoms with Crippen LogP contribution in [-0.2, 0) is 6.42 Å². The first-order valence-electron chi connectivity index (χ1n) is 9.17. The highest BCUT2D eigenvalue weighted by molar-refractivity contribution is 5.83. The van der Waals surface area contributed by atoms with Crippen molar-refractivity contribution in [3.05, 3.63) is 48.4 Å². The Morgan fingerprint density at radius 3 is 2.68 bits per heavy atom. The van der Waals surface area contributed by atoms with Crippen molar-refractivity contribution in [1.29, 1.82) is 0 Å². The lowest BCUT2D eigenvalue weighted by Gasteiger charge is -2.22. The predicted octanol–water partition coefficient (Wildman–Crippen LogP) is 4.24. The third kappa shape index (κ3) is 4.29. The van der Waals surface area contributed by atoms with E-state index in [0.29, 0.717) is 0 Å². The number of fused-ring (bicyclic) bond motifs is 1. The molecule has 2 N–H and O–H groups in total. The summed E-state index contributed by atoms with van der Waals surface area (Å²) >= 11 is 0. The summed E-state index contributed by atoms with van der Waals surface area (Å²) in [5.41, 5.74) is 2.52. The van der Waals surface area contributed by atoms with Gasteiger partial charge >= 0.3 is 0 Å². The molecule has 3 rings (SSSR count). The van der Waals surface area contributed by atoms with E-state index in [9.17, 15) is 0 Å². The lowest BCUT2D eigenvalue weighted by atomic mass is 10.1. The van der Waals surface area contributed by atoms with Gasteiger partial charge in [0.2, 0.25) is 0 Å². The molecule has 0 aliphatic rings. The number of aromatic nitrogens is 3. The molecule has 0 aliphatic heterocycles. The monoisotopic (exact) mass is 337 g/mol. The number of benzene rings is 1. The number of anilines is 2. The van der Waals surface area contributed by atoms with Gasteiger partial charge in [-0.05, 0) is 30.9 Å². The molecule has 5 heteroatoms. The third-order valence-electron chi connectivity index (χ3n) is 4.34. The van der Waals surface area contributed by atoms with Gasteiger partial charge in [-0.2, -0.15) is 0 Å². The van der Waals surface area contributed by atoms with Gasteiger partial charge in [-0.3, -0.25) is 0 Å². The molecule has 0 saturated carbocycles. The fourth-order valence-corrected chi connectivity index (χ4v) is 3.16. The predicted molar refractivity (Wildman–Crippen MR) is 105 cm³/mol. The van der Waals surface area contributed by atoms with Crippen LogP contribution in [0.1, 0.15) is 32.3 Å². The summed E-state index contributed by atoms with van der Waals surface area (Å²) in [5.74, 6) is 1.90. The van der Waals surface area contributed by atoms with Crippen LogP contribution in [0, 0.1) is 0 Å². The summed E-state index contributed by atoms with van der Waals surface area (Å²) in [7, 11) is 0. The van der Waals surface area contributed by atoms with Gasteiger partial charge in [-0.25, -0.2) is 9.97 Å². The minimum absolute atomic E-state index is 0.847. The average molecular weight is 337 g/mol. The first kappa shape index (κ1) is 17.3. The van der Waals surface area contributed by atoms with Crippen molar-refractivity contribution in [1.82, 2.24) is 15.0 Å². The molecule has 0 bridgehead atoms. The number of hydrogen-bond acceptors (Lipinski definition) is 4. The standard InChI is InChI=1S/C20H27N5/c1-3-11-25(12-4-2)20-13-19(23-15-24-20)21-10-9-16-14-22-18-8-6-5-7-17(16)18/h5-8,13-15,22H,3-4,9-12H2,1-2H3,(H,21,23,24). The van der Waals surface area contributed by atoms with Crippen molar-refractivity contribution in [2.75, 3.05) is 29.9 Å². The summed E-state index contributed by atoms with van der Waals surface area (Å²) in [5, 5.41) is 4.73. The highest BCUT2D eigenvalue weighted by Gasteiger charge is 2.08. The zero-order valence-electron chi connectivity index (χ0n) is 15.1. The third-order valence-corrected chi connectivity index (χ3v) is 4.34. The first-order valence-corrected chi connectivity index (χ1v) is 9.17. The van der Waals surface area contributed by atoms with Crippen molar-refractivity contribution in [3.63, 3.8) is 0 Å². The van der Waals surface area contributed by atoms with Crippen LogP contribution in [0.2, 0.25) is 0 Å². The summed E-state index contributed by atoms with van der Waals surface area (Å²) in [6.07, 6.45) is 6.95. The quantitative estimate of drug-likeness (QED) is 0.613. The molecule has 25 heavy (non-hydrogen) atoms. The molecule has 0 fully saturated rings. The lowest BCUT2D eigenvalue weighted by Crippen LogP contribution is -2.26. The van der Waals surface area contributed by atoms with Crippen LogP contribution < -0.4 is 10.2 Å². The van der Waals surface area contributed by atoms with E-state index in [1.807, 2.05) is 0 Å². The second kappa shape index (κ2) is 8.51. The van der Waals surface area contributed by atoms with Crippen LogP contribution in [-0.4, -0.2) is 34.6 Å². The van der Waals surface area contributed by atoms with Crippen molar-refractivity contribution in [2.24, 2.45) is 0 Å². The van der Waals surface area contributed by atoms with E-state index in [4.69, 9.17) is 0 Å². The topological polar surface area (TPSA) is 56.8 Å². The second-order valence-electron chi connectivity index (χ2n) is 6.28. The summed E-state index contributed by atoms with van der Waals surface area (Å²) in [4.78, 5) is 14.5. The molecule has 0 amide bonds. The largest absolute Gasteiger partial charge is 0.370 e. The van der Waals surface area contributed by atoms with E-state index in [1.165, 1.54) is 16.5 Å². The van der Waals surface area contributed by atoms with Gasteiger partial charge in [0.15, 0.2) is 0 Å². The fraction of sp³-hybridized carbons (Fsp3) is 0.400. The van der Waals surface area contributed by atoms with Gasteiger partial charge in [0.25, 0.3) is 0 Å². The van der Waals surface area contributed by atoms with E-state index in [2.05, 4.69) is 75.5 Å². The van der Waals surface area contributed by atoms with Crippen molar-refractivity contribution in [3.8, 4) is 0 Å². The average Bonchev–Trinajstić information content (AvgIpc) is 3.05. The molecule has 0 atom stereocenters. The SMILES string of the molecule is CCCN(CCC)c1cc(NCCc2c[nH]c3ccccc23)ncn1. The summed E-state index contributed by atoms with van der Waals surface area (Å²) in [6, 6.07) is 10.5. The Labute approximate surface area is 149 Å². The molecule has 0 spiro atoms. The van der Waals surface area contributed by atoms with Gasteiger partial charge in [0.1, 0.15) is 18.0 Å². The lowest BCUT2D eigenvalue weighted by molar-refractivity contribution is 0.732. The normalized spacial score (nSPS) is 11.0. The van der Waals surface area contributed by atoms with E-state index < -0.39 is 0 Å². The van der Waals surface area contributed by atoms with Crippen LogP contribution in [0.3, 0.4) is 0 Å². The van der Waals surface area contributed by atoms with Crippen molar-refractivity contribution >= 4 is 22.5 Å². The Morgan fingerprint density at radius 1 is 1.08 bits per heavy atom. The Morgan fingerprint density at radius 2 is 1.88 bits per heavy atom. The molecular weight excluding hydrogens is 310 g/mol.